The number of carbonyl (C=O) groups excluding carboxylic acids is 1. The van der Waals surface area contributed by atoms with Crippen molar-refractivity contribution >= 4 is 11.9 Å². The molecule has 0 aliphatic heterocycles. The summed E-state index contributed by atoms with van der Waals surface area (Å²) in [7, 11) is 0. The number of alkyl halides is 3. The summed E-state index contributed by atoms with van der Waals surface area (Å²) in [5.74, 6) is -0.0129. The van der Waals surface area contributed by atoms with Gasteiger partial charge in [0.1, 0.15) is 11.5 Å². The van der Waals surface area contributed by atoms with E-state index in [4.69, 9.17) is 14.3 Å². The topological polar surface area (TPSA) is 102 Å². The third-order valence-corrected chi connectivity index (χ3v) is 6.16. The molecule has 1 heterocycles. The van der Waals surface area contributed by atoms with Crippen LogP contribution in [0.2, 0.25) is 0 Å². The van der Waals surface area contributed by atoms with Gasteiger partial charge >= 0.3 is 12.1 Å². The second kappa shape index (κ2) is 12.5. The second-order valence-electron chi connectivity index (χ2n) is 9.08. The van der Waals surface area contributed by atoms with Crippen LogP contribution in [0.1, 0.15) is 44.9 Å². The molecule has 0 saturated heterocycles. The van der Waals surface area contributed by atoms with Crippen LogP contribution in [-0.4, -0.2) is 28.6 Å². The third kappa shape index (κ3) is 7.49. The number of nitrogens with zero attached hydrogens (tertiary/aromatic N) is 1. The van der Waals surface area contributed by atoms with Crippen molar-refractivity contribution in [1.82, 2.24) is 10.3 Å². The number of hydrogen-bond donors (Lipinski definition) is 2. The highest BCUT2D eigenvalue weighted by Crippen LogP contribution is 2.29. The molecule has 1 amide bonds. The van der Waals surface area contributed by atoms with E-state index in [1.54, 1.807) is 12.1 Å². The molecule has 7 nitrogen and oxygen atoms in total. The van der Waals surface area contributed by atoms with E-state index in [9.17, 15) is 22.8 Å². The number of halogens is 3. The molecule has 4 aromatic rings. The zero-order valence-electron chi connectivity index (χ0n) is 21.6. The van der Waals surface area contributed by atoms with Crippen molar-refractivity contribution in [2.75, 3.05) is 6.61 Å². The van der Waals surface area contributed by atoms with Crippen molar-refractivity contribution in [3.05, 3.63) is 107 Å². The van der Waals surface area contributed by atoms with Crippen LogP contribution in [0.25, 0.3) is 11.5 Å². The van der Waals surface area contributed by atoms with Gasteiger partial charge in [0.05, 0.1) is 17.9 Å². The number of oxazole rings is 1. The van der Waals surface area contributed by atoms with Crippen molar-refractivity contribution in [3.63, 3.8) is 0 Å². The Hall–Kier alpha value is -4.60. The van der Waals surface area contributed by atoms with Crippen LogP contribution in [0, 0.1) is 6.92 Å². The van der Waals surface area contributed by atoms with Crippen LogP contribution >= 0.6 is 0 Å². The lowest BCUT2D eigenvalue weighted by atomic mass is 10.0. The molecule has 40 heavy (non-hydrogen) atoms. The fraction of sp³-hybridized carbons (Fsp3) is 0.233. The molecule has 3 aromatic carbocycles. The van der Waals surface area contributed by atoms with Crippen molar-refractivity contribution in [2.45, 2.75) is 38.9 Å². The molecular weight excluding hydrogens is 525 g/mol. The Balaban J connectivity index is 1.44. The molecule has 0 fully saturated rings. The normalized spacial score (nSPS) is 11.3. The summed E-state index contributed by atoms with van der Waals surface area (Å²) in [5, 5.41) is 11.7. The number of aliphatic carboxylic acids is 1. The van der Waals surface area contributed by atoms with Crippen molar-refractivity contribution < 1.29 is 37.0 Å². The predicted octanol–water partition coefficient (Wildman–Crippen LogP) is 6.24. The van der Waals surface area contributed by atoms with Gasteiger partial charge in [-0.2, -0.15) is 13.2 Å². The Kier molecular flexibility index (Phi) is 8.88. The molecule has 0 aliphatic rings. The fourth-order valence-corrected chi connectivity index (χ4v) is 4.08. The average Bonchev–Trinajstić information content (AvgIpc) is 3.31. The second-order valence-corrected chi connectivity index (χ2v) is 9.08. The van der Waals surface area contributed by atoms with Gasteiger partial charge in [-0.15, -0.1) is 0 Å². The molecule has 0 aliphatic carbocycles. The first kappa shape index (κ1) is 28.4. The molecule has 208 valence electrons. The van der Waals surface area contributed by atoms with E-state index in [1.165, 1.54) is 18.2 Å². The Bertz CT molecular complexity index is 1480. The smallest absolute Gasteiger partial charge is 0.416 e. The number of aryl methyl sites for hydroxylation is 2. The molecule has 0 unspecified atom stereocenters. The molecule has 0 radical (unpaired) electrons. The summed E-state index contributed by atoms with van der Waals surface area (Å²) >= 11 is 0. The van der Waals surface area contributed by atoms with E-state index in [-0.39, 0.29) is 37.1 Å². The van der Waals surface area contributed by atoms with Gasteiger partial charge in [0, 0.05) is 30.5 Å². The maximum absolute atomic E-state index is 13.0. The van der Waals surface area contributed by atoms with E-state index < -0.39 is 23.6 Å². The Morgan fingerprint density at radius 3 is 2.50 bits per heavy atom. The lowest BCUT2D eigenvalue weighted by Crippen LogP contribution is -2.24. The standard InChI is InChI=1S/C30H27F3N2O5/c1-19-26(35-29(40-19)22-7-3-2-4-8-22)14-15-39-24-12-10-21(11-13-27(36)37)25(17-24)28(38)34-18-20-6-5-9-23(16-20)30(31,32)33/h2-10,12,16-17H,11,13-15,18H2,1H3,(H,34,38)(H,36,37). The Labute approximate surface area is 228 Å². The van der Waals surface area contributed by atoms with Gasteiger partial charge in [0.15, 0.2) is 0 Å². The number of amides is 1. The van der Waals surface area contributed by atoms with Crippen molar-refractivity contribution in [1.29, 1.82) is 0 Å². The number of ether oxygens (including phenoxy) is 1. The highest BCUT2D eigenvalue weighted by Gasteiger charge is 2.30. The van der Waals surface area contributed by atoms with Gasteiger partial charge in [-0.05, 0) is 60.9 Å². The highest BCUT2D eigenvalue weighted by atomic mass is 19.4. The quantitative estimate of drug-likeness (QED) is 0.229. The van der Waals surface area contributed by atoms with E-state index in [1.807, 2.05) is 37.3 Å². The van der Waals surface area contributed by atoms with Gasteiger partial charge in [0.25, 0.3) is 5.91 Å². The SMILES string of the molecule is Cc1oc(-c2ccccc2)nc1CCOc1ccc(CCC(=O)O)c(C(=O)NCc2cccc(C(F)(F)F)c2)c1. The van der Waals surface area contributed by atoms with Gasteiger partial charge in [-0.3, -0.25) is 9.59 Å². The van der Waals surface area contributed by atoms with Gasteiger partial charge < -0.3 is 19.6 Å². The summed E-state index contributed by atoms with van der Waals surface area (Å²) < 4.78 is 50.7. The summed E-state index contributed by atoms with van der Waals surface area (Å²) in [5.41, 5.74) is 1.73. The summed E-state index contributed by atoms with van der Waals surface area (Å²) in [6.07, 6.45) is -4.14. The molecule has 4 rings (SSSR count). The summed E-state index contributed by atoms with van der Waals surface area (Å²) in [6, 6.07) is 18.9. The molecule has 10 heteroatoms. The maximum Gasteiger partial charge on any atom is 0.416 e. The Morgan fingerprint density at radius 1 is 1.00 bits per heavy atom. The van der Waals surface area contributed by atoms with Crippen LogP contribution < -0.4 is 10.1 Å². The molecule has 1 aromatic heterocycles. The van der Waals surface area contributed by atoms with Gasteiger partial charge in [-0.1, -0.05) is 36.4 Å². The lowest BCUT2D eigenvalue weighted by Gasteiger charge is -2.13. The molecule has 0 bridgehead atoms. The summed E-state index contributed by atoms with van der Waals surface area (Å²) in [4.78, 5) is 28.7. The number of carboxylic acid groups (broad SMARTS) is 1. The minimum atomic E-state index is -4.50. The van der Waals surface area contributed by atoms with E-state index >= 15 is 0 Å². The number of carboxylic acids is 1. The molecule has 0 atom stereocenters. The minimum absolute atomic E-state index is 0.0995. The zero-order valence-corrected chi connectivity index (χ0v) is 21.6. The Morgan fingerprint density at radius 2 is 1.77 bits per heavy atom. The number of aromatic nitrogens is 1. The highest BCUT2D eigenvalue weighted by molar-refractivity contribution is 5.96. The van der Waals surface area contributed by atoms with Gasteiger partial charge in [0.2, 0.25) is 5.89 Å². The molecular formula is C30H27F3N2O5. The summed E-state index contributed by atoms with van der Waals surface area (Å²) in [6.45, 7) is 1.92. The molecule has 0 saturated carbocycles. The van der Waals surface area contributed by atoms with Crippen molar-refractivity contribution in [2.24, 2.45) is 0 Å². The van der Waals surface area contributed by atoms with Crippen LogP contribution in [0.15, 0.2) is 77.2 Å². The number of nitrogens with one attached hydrogen (secondary N) is 1. The van der Waals surface area contributed by atoms with Crippen LogP contribution in [0.5, 0.6) is 5.75 Å². The third-order valence-electron chi connectivity index (χ3n) is 6.16. The lowest BCUT2D eigenvalue weighted by molar-refractivity contribution is -0.138. The van der Waals surface area contributed by atoms with E-state index in [0.717, 1.165) is 23.4 Å². The largest absolute Gasteiger partial charge is 0.493 e. The van der Waals surface area contributed by atoms with E-state index in [2.05, 4.69) is 10.3 Å². The van der Waals surface area contributed by atoms with Crippen LogP contribution in [0.3, 0.4) is 0 Å². The minimum Gasteiger partial charge on any atom is -0.493 e. The van der Waals surface area contributed by atoms with Gasteiger partial charge in [-0.25, -0.2) is 4.98 Å². The fourth-order valence-electron chi connectivity index (χ4n) is 4.08. The zero-order chi connectivity index (χ0) is 28.7. The monoisotopic (exact) mass is 552 g/mol. The predicted molar refractivity (Wildman–Crippen MR) is 141 cm³/mol. The van der Waals surface area contributed by atoms with Crippen LogP contribution in [0.4, 0.5) is 13.2 Å². The van der Waals surface area contributed by atoms with E-state index in [0.29, 0.717) is 29.4 Å². The number of benzene rings is 3. The average molecular weight is 553 g/mol. The first-order valence-electron chi connectivity index (χ1n) is 12.5. The number of rotatable bonds is 11. The maximum atomic E-state index is 13.0. The molecule has 2 N–H and O–H groups in total. The molecule has 0 spiro atoms. The number of carbonyl (C=O) groups is 2. The van der Waals surface area contributed by atoms with Crippen molar-refractivity contribution in [3.8, 4) is 17.2 Å². The first-order valence-corrected chi connectivity index (χ1v) is 12.5. The first-order chi connectivity index (χ1) is 19.1. The van der Waals surface area contributed by atoms with Crippen LogP contribution in [-0.2, 0) is 30.4 Å². The number of hydrogen-bond acceptors (Lipinski definition) is 5.